The van der Waals surface area contributed by atoms with Crippen LogP contribution >= 0.6 is 0 Å². The van der Waals surface area contributed by atoms with E-state index in [0.717, 1.165) is 5.69 Å². The van der Waals surface area contributed by atoms with Gasteiger partial charge in [-0.3, -0.25) is 4.68 Å². The van der Waals surface area contributed by atoms with Crippen molar-refractivity contribution in [2.75, 3.05) is 0 Å². The Hall–Kier alpha value is -1.95. The number of hydrogen-bond donors (Lipinski definition) is 1. The molecule has 0 fully saturated rings. The highest BCUT2D eigenvalue weighted by Gasteiger charge is 2.14. The quantitative estimate of drug-likeness (QED) is 0.885. The van der Waals surface area contributed by atoms with E-state index in [4.69, 9.17) is 0 Å². The Kier molecular flexibility index (Phi) is 4.68. The molecule has 0 aliphatic heterocycles. The molecule has 6 heteroatoms. The van der Waals surface area contributed by atoms with Crippen LogP contribution in [0.2, 0.25) is 0 Å². The first kappa shape index (κ1) is 14.5. The molecule has 1 atom stereocenters. The molecule has 1 aromatic heterocycles. The summed E-state index contributed by atoms with van der Waals surface area (Å²) in [5.74, 6) is 0.198. The molecule has 2 rings (SSSR count). The predicted molar refractivity (Wildman–Crippen MR) is 71.5 cm³/mol. The van der Waals surface area contributed by atoms with Crippen LogP contribution in [-0.4, -0.2) is 16.4 Å². The number of aromatic nitrogens is 2. The lowest BCUT2D eigenvalue weighted by atomic mass is 10.1. The Morgan fingerprint density at radius 2 is 2.05 bits per heavy atom. The molecule has 0 aliphatic carbocycles. The van der Waals surface area contributed by atoms with Crippen LogP contribution in [0.4, 0.5) is 8.78 Å². The number of alkyl halides is 2. The summed E-state index contributed by atoms with van der Waals surface area (Å²) in [4.78, 5) is 0. The van der Waals surface area contributed by atoms with E-state index >= 15 is 0 Å². The number of rotatable bonds is 6. The van der Waals surface area contributed by atoms with Crippen molar-refractivity contribution in [3.63, 3.8) is 0 Å². The average molecular weight is 281 g/mol. The van der Waals surface area contributed by atoms with Crippen molar-refractivity contribution < 1.29 is 13.5 Å². The maximum atomic E-state index is 12.4. The largest absolute Gasteiger partial charge is 0.434 e. The Balaban J connectivity index is 2.03. The van der Waals surface area contributed by atoms with Gasteiger partial charge >= 0.3 is 6.61 Å². The average Bonchev–Trinajstić information content (AvgIpc) is 2.82. The van der Waals surface area contributed by atoms with Gasteiger partial charge in [0.2, 0.25) is 0 Å². The van der Waals surface area contributed by atoms with Crippen molar-refractivity contribution in [2.24, 2.45) is 7.05 Å². The highest BCUT2D eigenvalue weighted by molar-refractivity contribution is 5.35. The zero-order valence-electron chi connectivity index (χ0n) is 11.4. The Bertz CT molecular complexity index is 557. The number of hydrogen-bond acceptors (Lipinski definition) is 3. The van der Waals surface area contributed by atoms with Gasteiger partial charge in [0.1, 0.15) is 5.75 Å². The van der Waals surface area contributed by atoms with E-state index in [-0.39, 0.29) is 11.8 Å². The van der Waals surface area contributed by atoms with E-state index in [1.807, 2.05) is 26.2 Å². The number of para-hydroxylation sites is 1. The third-order valence-corrected chi connectivity index (χ3v) is 2.96. The summed E-state index contributed by atoms with van der Waals surface area (Å²) in [7, 11) is 1.85. The van der Waals surface area contributed by atoms with E-state index in [1.165, 1.54) is 0 Å². The van der Waals surface area contributed by atoms with Crippen LogP contribution in [0.25, 0.3) is 0 Å². The number of nitrogens with one attached hydrogen (secondary N) is 1. The van der Waals surface area contributed by atoms with Gasteiger partial charge in [-0.1, -0.05) is 18.2 Å². The second-order valence-corrected chi connectivity index (χ2v) is 4.50. The molecule has 0 amide bonds. The van der Waals surface area contributed by atoms with E-state index in [1.54, 1.807) is 28.9 Å². The lowest BCUT2D eigenvalue weighted by molar-refractivity contribution is -0.0506. The number of aryl methyl sites for hydroxylation is 1. The second-order valence-electron chi connectivity index (χ2n) is 4.50. The van der Waals surface area contributed by atoms with Crippen LogP contribution < -0.4 is 10.1 Å². The standard InChI is InChI=1S/C14H17F2N3O/c1-10(17-9-11-7-8-19(2)18-11)12-5-3-4-6-13(12)20-14(15)16/h3-8,10,14,17H,9H2,1-2H3. The molecule has 1 heterocycles. The van der Waals surface area contributed by atoms with Crippen molar-refractivity contribution in [3.05, 3.63) is 47.8 Å². The zero-order chi connectivity index (χ0) is 14.5. The summed E-state index contributed by atoms with van der Waals surface area (Å²) in [6.07, 6.45) is 1.86. The third kappa shape index (κ3) is 3.77. The molecule has 0 spiro atoms. The van der Waals surface area contributed by atoms with Gasteiger partial charge in [-0.05, 0) is 19.1 Å². The van der Waals surface area contributed by atoms with Crippen LogP contribution in [0.5, 0.6) is 5.75 Å². The van der Waals surface area contributed by atoms with Crippen molar-refractivity contribution in [1.82, 2.24) is 15.1 Å². The topological polar surface area (TPSA) is 39.1 Å². The highest BCUT2D eigenvalue weighted by Crippen LogP contribution is 2.26. The number of halogens is 2. The molecule has 1 N–H and O–H groups in total. The lowest BCUT2D eigenvalue weighted by Crippen LogP contribution is -2.19. The second kappa shape index (κ2) is 6.47. The maximum absolute atomic E-state index is 12.4. The Morgan fingerprint density at radius 3 is 2.70 bits per heavy atom. The molecule has 4 nitrogen and oxygen atoms in total. The summed E-state index contributed by atoms with van der Waals surface area (Å²) in [6.45, 7) is -0.360. The number of ether oxygens (including phenoxy) is 1. The van der Waals surface area contributed by atoms with E-state index in [9.17, 15) is 8.78 Å². The van der Waals surface area contributed by atoms with Crippen LogP contribution in [-0.2, 0) is 13.6 Å². The summed E-state index contributed by atoms with van der Waals surface area (Å²) in [5.41, 5.74) is 1.59. The first-order valence-corrected chi connectivity index (χ1v) is 6.32. The van der Waals surface area contributed by atoms with E-state index in [2.05, 4.69) is 15.2 Å². The fourth-order valence-electron chi connectivity index (χ4n) is 1.97. The Morgan fingerprint density at radius 1 is 1.30 bits per heavy atom. The molecule has 0 bridgehead atoms. The number of nitrogens with zero attached hydrogens (tertiary/aromatic N) is 2. The zero-order valence-corrected chi connectivity index (χ0v) is 11.4. The fourth-order valence-corrected chi connectivity index (χ4v) is 1.97. The summed E-state index contributed by atoms with van der Waals surface area (Å²) in [6, 6.07) is 8.57. The normalized spacial score (nSPS) is 12.7. The number of benzene rings is 1. The van der Waals surface area contributed by atoms with Gasteiger partial charge in [-0.25, -0.2) is 0 Å². The van der Waals surface area contributed by atoms with Crippen LogP contribution in [0.3, 0.4) is 0 Å². The monoisotopic (exact) mass is 281 g/mol. The first-order valence-electron chi connectivity index (χ1n) is 6.32. The van der Waals surface area contributed by atoms with Gasteiger partial charge in [0, 0.05) is 31.4 Å². The van der Waals surface area contributed by atoms with Crippen LogP contribution in [0.1, 0.15) is 24.2 Å². The van der Waals surface area contributed by atoms with Gasteiger partial charge in [0.25, 0.3) is 0 Å². The lowest BCUT2D eigenvalue weighted by Gasteiger charge is -2.17. The van der Waals surface area contributed by atoms with Crippen LogP contribution in [0.15, 0.2) is 36.5 Å². The van der Waals surface area contributed by atoms with Gasteiger partial charge in [-0.15, -0.1) is 0 Å². The first-order chi connectivity index (χ1) is 9.56. The Labute approximate surface area is 116 Å². The van der Waals surface area contributed by atoms with E-state index < -0.39 is 6.61 Å². The van der Waals surface area contributed by atoms with Crippen molar-refractivity contribution in [2.45, 2.75) is 26.1 Å². The minimum absolute atomic E-state index is 0.119. The molecular formula is C14H17F2N3O. The highest BCUT2D eigenvalue weighted by atomic mass is 19.3. The molecule has 1 unspecified atom stereocenters. The van der Waals surface area contributed by atoms with Crippen molar-refractivity contribution in [1.29, 1.82) is 0 Å². The summed E-state index contributed by atoms with van der Waals surface area (Å²) in [5, 5.41) is 7.49. The minimum atomic E-state index is -2.82. The van der Waals surface area contributed by atoms with Crippen LogP contribution in [0, 0.1) is 0 Å². The smallest absolute Gasteiger partial charge is 0.387 e. The molecule has 0 saturated carbocycles. The van der Waals surface area contributed by atoms with Gasteiger partial charge in [-0.2, -0.15) is 13.9 Å². The van der Waals surface area contributed by atoms with Gasteiger partial charge in [0.15, 0.2) is 0 Å². The predicted octanol–water partition coefficient (Wildman–Crippen LogP) is 2.87. The van der Waals surface area contributed by atoms with E-state index in [0.29, 0.717) is 12.1 Å². The summed E-state index contributed by atoms with van der Waals surface area (Å²) >= 11 is 0. The molecule has 0 aliphatic rings. The molecule has 20 heavy (non-hydrogen) atoms. The van der Waals surface area contributed by atoms with Crippen molar-refractivity contribution in [3.8, 4) is 5.75 Å². The molecule has 108 valence electrons. The third-order valence-electron chi connectivity index (χ3n) is 2.96. The SMILES string of the molecule is CC(NCc1ccn(C)n1)c1ccccc1OC(F)F. The molecule has 0 saturated heterocycles. The van der Waals surface area contributed by atoms with Gasteiger partial charge in [0.05, 0.1) is 5.69 Å². The maximum Gasteiger partial charge on any atom is 0.387 e. The van der Waals surface area contributed by atoms with Gasteiger partial charge < -0.3 is 10.1 Å². The molecule has 1 aromatic carbocycles. The van der Waals surface area contributed by atoms with Crippen molar-refractivity contribution >= 4 is 0 Å². The summed E-state index contributed by atoms with van der Waals surface area (Å²) < 4.78 is 31.0. The molecule has 0 radical (unpaired) electrons. The molecular weight excluding hydrogens is 264 g/mol. The minimum Gasteiger partial charge on any atom is -0.434 e. The fraction of sp³-hybridized carbons (Fsp3) is 0.357. The molecule has 2 aromatic rings.